The van der Waals surface area contributed by atoms with Gasteiger partial charge in [0.1, 0.15) is 0 Å². The van der Waals surface area contributed by atoms with E-state index in [-0.39, 0.29) is 30.4 Å². The zero-order valence-corrected chi connectivity index (χ0v) is 15.8. The third-order valence-corrected chi connectivity index (χ3v) is 5.35. The first-order valence-electron chi connectivity index (χ1n) is 9.81. The molecular formula is C21H30O5. The molecule has 0 aromatic heterocycles. The van der Waals surface area contributed by atoms with E-state index in [1.807, 2.05) is 44.2 Å². The summed E-state index contributed by atoms with van der Waals surface area (Å²) in [6.07, 6.45) is 3.31. The number of fused-ring (bicyclic) bond motifs is 1. The monoisotopic (exact) mass is 362 g/mol. The predicted octanol–water partition coefficient (Wildman–Crippen LogP) is 3.88. The molecule has 0 spiro atoms. The molecule has 5 heteroatoms. The van der Waals surface area contributed by atoms with E-state index in [1.165, 1.54) is 0 Å². The Bertz CT molecular complexity index is 561. The fourth-order valence-corrected chi connectivity index (χ4v) is 3.74. The second kappa shape index (κ2) is 9.49. The quantitative estimate of drug-likeness (QED) is 0.689. The molecule has 2 aliphatic rings. The standard InChI is InChI=1S/C21H30O5/c1-3-15(20(22)23-4-2)10-11-18-12-19-17(13-24-18)14-25-21(26-19)16-8-6-5-7-9-16/h5-9,15,17-19,21H,3-4,10-14H2,1-2H3/t15?,17-,18-,19+,21-/m1/s1. The fourth-order valence-electron chi connectivity index (χ4n) is 3.74. The van der Waals surface area contributed by atoms with Crippen LogP contribution in [-0.4, -0.2) is 38.0 Å². The van der Waals surface area contributed by atoms with Crippen LogP contribution in [0.5, 0.6) is 0 Å². The van der Waals surface area contributed by atoms with Crippen molar-refractivity contribution in [3.63, 3.8) is 0 Å². The number of rotatable bonds is 7. The highest BCUT2D eigenvalue weighted by Crippen LogP contribution is 2.35. The summed E-state index contributed by atoms with van der Waals surface area (Å²) in [7, 11) is 0. The van der Waals surface area contributed by atoms with Crippen molar-refractivity contribution in [2.45, 2.75) is 58.0 Å². The average Bonchev–Trinajstić information content (AvgIpc) is 2.69. The number of benzene rings is 1. The summed E-state index contributed by atoms with van der Waals surface area (Å²) in [6, 6.07) is 10.1. The molecule has 0 N–H and O–H groups in total. The van der Waals surface area contributed by atoms with Gasteiger partial charge >= 0.3 is 5.97 Å². The SMILES string of the molecule is CCOC(=O)C(CC)CC[C@@H]1C[C@@H]2O[C@H](c3ccccc3)OC[C@H]2CO1. The summed E-state index contributed by atoms with van der Waals surface area (Å²) in [5.41, 5.74) is 1.06. The van der Waals surface area contributed by atoms with Gasteiger partial charge in [-0.05, 0) is 26.2 Å². The molecule has 1 aromatic carbocycles. The summed E-state index contributed by atoms with van der Waals surface area (Å²) in [5, 5.41) is 0. The van der Waals surface area contributed by atoms with Crippen LogP contribution >= 0.6 is 0 Å². The molecule has 0 saturated carbocycles. The Hall–Kier alpha value is -1.43. The third-order valence-electron chi connectivity index (χ3n) is 5.35. The highest BCUT2D eigenvalue weighted by Gasteiger charge is 2.38. The second-order valence-corrected chi connectivity index (χ2v) is 7.14. The Balaban J connectivity index is 1.51. The first-order valence-corrected chi connectivity index (χ1v) is 9.81. The minimum atomic E-state index is -0.292. The van der Waals surface area contributed by atoms with Crippen molar-refractivity contribution in [1.82, 2.24) is 0 Å². The van der Waals surface area contributed by atoms with E-state index in [4.69, 9.17) is 18.9 Å². The minimum absolute atomic E-state index is 0.0380. The lowest BCUT2D eigenvalue weighted by Crippen LogP contribution is -2.45. The molecule has 2 saturated heterocycles. The Kier molecular flexibility index (Phi) is 7.06. The zero-order valence-electron chi connectivity index (χ0n) is 15.8. The van der Waals surface area contributed by atoms with Crippen LogP contribution in [0.1, 0.15) is 51.4 Å². The van der Waals surface area contributed by atoms with Gasteiger partial charge in [0, 0.05) is 17.9 Å². The number of carbonyl (C=O) groups is 1. The van der Waals surface area contributed by atoms with E-state index in [0.29, 0.717) is 25.7 Å². The summed E-state index contributed by atoms with van der Waals surface area (Å²) < 4.78 is 23.3. The Morgan fingerprint density at radius 3 is 2.69 bits per heavy atom. The fraction of sp³-hybridized carbons (Fsp3) is 0.667. The van der Waals surface area contributed by atoms with Crippen LogP contribution in [0.3, 0.4) is 0 Å². The Morgan fingerprint density at radius 2 is 1.96 bits per heavy atom. The summed E-state index contributed by atoms with van der Waals surface area (Å²) in [4.78, 5) is 12.0. The number of hydrogen-bond acceptors (Lipinski definition) is 5. The number of ether oxygens (including phenoxy) is 4. The van der Waals surface area contributed by atoms with Gasteiger partial charge in [0.05, 0.1) is 37.9 Å². The molecule has 0 bridgehead atoms. The van der Waals surface area contributed by atoms with Crippen LogP contribution in [0.15, 0.2) is 30.3 Å². The van der Waals surface area contributed by atoms with Crippen LogP contribution in [-0.2, 0) is 23.7 Å². The molecule has 2 heterocycles. The third kappa shape index (κ3) is 4.84. The van der Waals surface area contributed by atoms with Crippen molar-refractivity contribution in [2.24, 2.45) is 11.8 Å². The largest absolute Gasteiger partial charge is 0.466 e. The van der Waals surface area contributed by atoms with Crippen LogP contribution in [0, 0.1) is 11.8 Å². The van der Waals surface area contributed by atoms with E-state index in [9.17, 15) is 4.79 Å². The van der Waals surface area contributed by atoms with Crippen LogP contribution in [0.4, 0.5) is 0 Å². The van der Waals surface area contributed by atoms with E-state index < -0.39 is 0 Å². The van der Waals surface area contributed by atoms with Crippen molar-refractivity contribution in [1.29, 1.82) is 0 Å². The molecule has 0 amide bonds. The molecule has 1 aromatic rings. The summed E-state index contributed by atoms with van der Waals surface area (Å²) in [6.45, 7) is 5.64. The number of hydrogen-bond donors (Lipinski definition) is 0. The van der Waals surface area contributed by atoms with E-state index in [0.717, 1.165) is 31.2 Å². The molecule has 5 atom stereocenters. The maximum Gasteiger partial charge on any atom is 0.308 e. The number of esters is 1. The molecule has 0 aliphatic carbocycles. The lowest BCUT2D eigenvalue weighted by molar-refractivity contribution is -0.271. The lowest BCUT2D eigenvalue weighted by Gasteiger charge is -2.42. The molecule has 5 nitrogen and oxygen atoms in total. The van der Waals surface area contributed by atoms with Gasteiger partial charge in [-0.15, -0.1) is 0 Å². The molecule has 0 radical (unpaired) electrons. The molecule has 144 valence electrons. The van der Waals surface area contributed by atoms with Gasteiger partial charge in [0.2, 0.25) is 0 Å². The molecule has 2 aliphatic heterocycles. The molecular weight excluding hydrogens is 332 g/mol. The Labute approximate surface area is 156 Å². The van der Waals surface area contributed by atoms with Gasteiger partial charge in [-0.25, -0.2) is 0 Å². The maximum atomic E-state index is 12.0. The van der Waals surface area contributed by atoms with Crippen LogP contribution in [0.25, 0.3) is 0 Å². The first-order chi connectivity index (χ1) is 12.7. The molecule has 26 heavy (non-hydrogen) atoms. The van der Waals surface area contributed by atoms with Crippen molar-refractivity contribution >= 4 is 5.97 Å². The predicted molar refractivity (Wildman–Crippen MR) is 97.5 cm³/mol. The average molecular weight is 362 g/mol. The highest BCUT2D eigenvalue weighted by atomic mass is 16.7. The first kappa shape index (κ1) is 19.3. The molecule has 3 rings (SSSR count). The van der Waals surface area contributed by atoms with Gasteiger partial charge in [-0.3, -0.25) is 4.79 Å². The second-order valence-electron chi connectivity index (χ2n) is 7.14. The summed E-state index contributed by atoms with van der Waals surface area (Å²) in [5.74, 6) is 0.164. The van der Waals surface area contributed by atoms with Gasteiger partial charge in [-0.1, -0.05) is 37.3 Å². The normalized spacial score (nSPS) is 29.6. The van der Waals surface area contributed by atoms with Crippen LogP contribution in [0.2, 0.25) is 0 Å². The molecule has 1 unspecified atom stereocenters. The van der Waals surface area contributed by atoms with Crippen molar-refractivity contribution in [3.8, 4) is 0 Å². The van der Waals surface area contributed by atoms with Crippen molar-refractivity contribution in [2.75, 3.05) is 19.8 Å². The van der Waals surface area contributed by atoms with Gasteiger partial charge in [0.15, 0.2) is 6.29 Å². The number of carbonyl (C=O) groups excluding carboxylic acids is 1. The topological polar surface area (TPSA) is 54.0 Å². The van der Waals surface area contributed by atoms with E-state index in [2.05, 4.69) is 0 Å². The smallest absolute Gasteiger partial charge is 0.308 e. The lowest BCUT2D eigenvalue weighted by atomic mass is 9.90. The zero-order chi connectivity index (χ0) is 18.4. The van der Waals surface area contributed by atoms with Gasteiger partial charge < -0.3 is 18.9 Å². The van der Waals surface area contributed by atoms with Crippen molar-refractivity contribution in [3.05, 3.63) is 35.9 Å². The summed E-state index contributed by atoms with van der Waals surface area (Å²) >= 11 is 0. The van der Waals surface area contributed by atoms with Gasteiger partial charge in [0.25, 0.3) is 0 Å². The minimum Gasteiger partial charge on any atom is -0.466 e. The van der Waals surface area contributed by atoms with Crippen molar-refractivity contribution < 1.29 is 23.7 Å². The van der Waals surface area contributed by atoms with E-state index >= 15 is 0 Å². The maximum absolute atomic E-state index is 12.0. The molecule has 2 fully saturated rings. The van der Waals surface area contributed by atoms with Crippen LogP contribution < -0.4 is 0 Å². The van der Waals surface area contributed by atoms with E-state index in [1.54, 1.807) is 0 Å². The Morgan fingerprint density at radius 1 is 1.19 bits per heavy atom. The van der Waals surface area contributed by atoms with Gasteiger partial charge in [-0.2, -0.15) is 0 Å². The highest BCUT2D eigenvalue weighted by molar-refractivity contribution is 5.72.